The number of ketones is 1. The van der Waals surface area contributed by atoms with E-state index in [1.807, 2.05) is 18.2 Å². The standard InChI is InChI=1S/C15H10I2O3/c16-11-5-10(6-12(17)7-11)15(20)2-1-9-3-13(18)8-14(19)4-9/h1-8,18-19H. The molecule has 3 nitrogen and oxygen atoms in total. The number of aromatic hydroxyl groups is 2. The molecule has 0 aromatic heterocycles. The van der Waals surface area contributed by atoms with Crippen molar-refractivity contribution in [2.75, 3.05) is 0 Å². The number of halogens is 2. The molecule has 0 unspecified atom stereocenters. The number of rotatable bonds is 3. The highest BCUT2D eigenvalue weighted by atomic mass is 127. The van der Waals surface area contributed by atoms with Crippen molar-refractivity contribution < 1.29 is 15.0 Å². The summed E-state index contributed by atoms with van der Waals surface area (Å²) in [4.78, 5) is 12.1. The van der Waals surface area contributed by atoms with Gasteiger partial charge in [-0.2, -0.15) is 0 Å². The van der Waals surface area contributed by atoms with Crippen LogP contribution in [0.1, 0.15) is 15.9 Å². The largest absolute Gasteiger partial charge is 0.508 e. The number of allylic oxidation sites excluding steroid dienone is 1. The molecule has 0 saturated heterocycles. The molecule has 5 heteroatoms. The van der Waals surface area contributed by atoms with Crippen LogP contribution in [0.3, 0.4) is 0 Å². The minimum atomic E-state index is -0.121. The highest BCUT2D eigenvalue weighted by Gasteiger charge is 2.04. The third-order valence-corrected chi connectivity index (χ3v) is 3.74. The monoisotopic (exact) mass is 492 g/mol. The van der Waals surface area contributed by atoms with Crippen LogP contribution in [0.2, 0.25) is 0 Å². The SMILES string of the molecule is O=C(C=Cc1cc(O)cc(O)c1)c1cc(I)cc(I)c1. The number of carbonyl (C=O) groups is 1. The average Bonchev–Trinajstić information content (AvgIpc) is 2.33. The molecule has 0 heterocycles. The summed E-state index contributed by atoms with van der Waals surface area (Å²) in [6.45, 7) is 0. The Morgan fingerprint density at radius 1 is 0.900 bits per heavy atom. The van der Waals surface area contributed by atoms with Crippen molar-refractivity contribution in [3.63, 3.8) is 0 Å². The van der Waals surface area contributed by atoms with E-state index in [1.54, 1.807) is 6.08 Å². The van der Waals surface area contributed by atoms with Gasteiger partial charge in [-0.25, -0.2) is 0 Å². The molecular formula is C15H10I2O3. The number of phenolic OH excluding ortho intramolecular Hbond substituents is 2. The second-order valence-electron chi connectivity index (χ2n) is 4.14. The predicted molar refractivity (Wildman–Crippen MR) is 95.0 cm³/mol. The lowest BCUT2D eigenvalue weighted by molar-refractivity contribution is 0.104. The van der Waals surface area contributed by atoms with Gasteiger partial charge in [0, 0.05) is 18.8 Å². The number of benzene rings is 2. The van der Waals surface area contributed by atoms with Crippen LogP contribution in [0.5, 0.6) is 11.5 Å². The first-order valence-electron chi connectivity index (χ1n) is 5.65. The Balaban J connectivity index is 2.24. The first kappa shape index (κ1) is 15.3. The van der Waals surface area contributed by atoms with Gasteiger partial charge in [0.1, 0.15) is 11.5 Å². The fraction of sp³-hybridized carbons (Fsp3) is 0. The quantitative estimate of drug-likeness (QED) is 0.384. The molecule has 0 amide bonds. The normalized spacial score (nSPS) is 10.9. The van der Waals surface area contributed by atoms with Gasteiger partial charge >= 0.3 is 0 Å². The maximum Gasteiger partial charge on any atom is 0.185 e. The molecule has 2 aromatic rings. The summed E-state index contributed by atoms with van der Waals surface area (Å²) < 4.78 is 2.00. The molecule has 0 atom stereocenters. The van der Waals surface area contributed by atoms with Crippen LogP contribution in [0.25, 0.3) is 6.08 Å². The minimum Gasteiger partial charge on any atom is -0.508 e. The molecular weight excluding hydrogens is 482 g/mol. The predicted octanol–water partition coefficient (Wildman–Crippen LogP) is 4.20. The molecule has 2 aromatic carbocycles. The molecule has 2 N–H and O–H groups in total. The molecule has 0 aliphatic heterocycles. The Hall–Kier alpha value is -1.09. The molecule has 0 bridgehead atoms. The summed E-state index contributed by atoms with van der Waals surface area (Å²) in [5, 5.41) is 18.7. The van der Waals surface area contributed by atoms with Crippen molar-refractivity contribution in [1.82, 2.24) is 0 Å². The average molecular weight is 492 g/mol. The van der Waals surface area contributed by atoms with E-state index in [9.17, 15) is 15.0 Å². The first-order chi connectivity index (χ1) is 9.44. The smallest absolute Gasteiger partial charge is 0.185 e. The molecule has 0 fully saturated rings. The van der Waals surface area contributed by atoms with Crippen LogP contribution >= 0.6 is 45.2 Å². The van der Waals surface area contributed by atoms with Crippen molar-refractivity contribution in [3.05, 3.63) is 60.7 Å². The Labute approximate surface area is 143 Å². The van der Waals surface area contributed by atoms with Crippen molar-refractivity contribution in [2.24, 2.45) is 0 Å². The van der Waals surface area contributed by atoms with Crippen molar-refractivity contribution >= 4 is 57.0 Å². The summed E-state index contributed by atoms with van der Waals surface area (Å²) in [6, 6.07) is 9.80. The Morgan fingerprint density at radius 3 is 2.00 bits per heavy atom. The van der Waals surface area contributed by atoms with E-state index < -0.39 is 0 Å². The van der Waals surface area contributed by atoms with E-state index in [4.69, 9.17) is 0 Å². The zero-order valence-corrected chi connectivity index (χ0v) is 14.5. The van der Waals surface area contributed by atoms with Crippen LogP contribution in [0.4, 0.5) is 0 Å². The third kappa shape index (κ3) is 4.20. The van der Waals surface area contributed by atoms with Crippen LogP contribution in [0, 0.1) is 7.14 Å². The summed E-state index contributed by atoms with van der Waals surface area (Å²) >= 11 is 4.33. The van der Waals surface area contributed by atoms with Gasteiger partial charge < -0.3 is 10.2 Å². The lowest BCUT2D eigenvalue weighted by Gasteiger charge is -2.00. The van der Waals surface area contributed by atoms with Crippen molar-refractivity contribution in [3.8, 4) is 11.5 Å². The summed E-state index contributed by atoms with van der Waals surface area (Å²) in [6.07, 6.45) is 2.99. The van der Waals surface area contributed by atoms with E-state index >= 15 is 0 Å². The minimum absolute atomic E-state index is 0.0408. The van der Waals surface area contributed by atoms with Crippen LogP contribution in [0.15, 0.2) is 42.5 Å². The molecule has 20 heavy (non-hydrogen) atoms. The lowest BCUT2D eigenvalue weighted by atomic mass is 10.1. The highest BCUT2D eigenvalue weighted by Crippen LogP contribution is 2.21. The lowest BCUT2D eigenvalue weighted by Crippen LogP contribution is -1.95. The molecule has 0 saturated carbocycles. The van der Waals surface area contributed by atoms with E-state index in [-0.39, 0.29) is 17.3 Å². The molecule has 0 radical (unpaired) electrons. The van der Waals surface area contributed by atoms with Crippen molar-refractivity contribution in [1.29, 1.82) is 0 Å². The van der Waals surface area contributed by atoms with E-state index in [0.717, 1.165) is 7.14 Å². The summed E-state index contributed by atoms with van der Waals surface area (Å²) in [5.74, 6) is -0.203. The molecule has 0 aliphatic rings. The van der Waals surface area contributed by atoms with Gasteiger partial charge in [0.25, 0.3) is 0 Å². The number of hydrogen-bond acceptors (Lipinski definition) is 3. The van der Waals surface area contributed by atoms with E-state index in [2.05, 4.69) is 45.2 Å². The maximum atomic E-state index is 12.1. The van der Waals surface area contributed by atoms with Gasteiger partial charge in [0.2, 0.25) is 0 Å². The van der Waals surface area contributed by atoms with Gasteiger partial charge in [-0.05, 0) is 87.2 Å². The molecule has 0 aliphatic carbocycles. The number of hydrogen-bond donors (Lipinski definition) is 2. The Morgan fingerprint density at radius 2 is 1.45 bits per heavy atom. The fourth-order valence-electron chi connectivity index (χ4n) is 1.68. The second kappa shape index (κ2) is 6.57. The van der Waals surface area contributed by atoms with Gasteiger partial charge in [-0.3, -0.25) is 4.79 Å². The Kier molecular flexibility index (Phi) is 5.03. The summed E-state index contributed by atoms with van der Waals surface area (Å²) in [5.41, 5.74) is 1.18. The molecule has 0 spiro atoms. The van der Waals surface area contributed by atoms with Crippen LogP contribution < -0.4 is 0 Å². The summed E-state index contributed by atoms with van der Waals surface area (Å²) in [7, 11) is 0. The maximum absolute atomic E-state index is 12.1. The number of phenols is 2. The molecule has 102 valence electrons. The zero-order valence-electron chi connectivity index (χ0n) is 10.2. The van der Waals surface area contributed by atoms with Crippen molar-refractivity contribution in [2.45, 2.75) is 0 Å². The van der Waals surface area contributed by atoms with Gasteiger partial charge in [-0.15, -0.1) is 0 Å². The van der Waals surface area contributed by atoms with E-state index in [1.165, 1.54) is 24.3 Å². The van der Waals surface area contributed by atoms with Crippen LogP contribution in [-0.2, 0) is 0 Å². The number of carbonyl (C=O) groups excluding carboxylic acids is 1. The topological polar surface area (TPSA) is 57.5 Å². The fourth-order valence-corrected chi connectivity index (χ4v) is 3.62. The van der Waals surface area contributed by atoms with E-state index in [0.29, 0.717) is 11.1 Å². The third-order valence-electron chi connectivity index (χ3n) is 2.50. The van der Waals surface area contributed by atoms with Gasteiger partial charge in [-0.1, -0.05) is 6.08 Å². The van der Waals surface area contributed by atoms with Gasteiger partial charge in [0.15, 0.2) is 5.78 Å². The highest BCUT2D eigenvalue weighted by molar-refractivity contribution is 14.1. The van der Waals surface area contributed by atoms with Gasteiger partial charge in [0.05, 0.1) is 0 Å². The second-order valence-corrected chi connectivity index (χ2v) is 6.63. The van der Waals surface area contributed by atoms with Crippen LogP contribution in [-0.4, -0.2) is 16.0 Å². The first-order valence-corrected chi connectivity index (χ1v) is 7.81. The molecule has 2 rings (SSSR count). The zero-order chi connectivity index (χ0) is 14.7. The Bertz CT molecular complexity index is 653.